The Morgan fingerprint density at radius 3 is 2.33 bits per heavy atom. The van der Waals surface area contributed by atoms with E-state index in [4.69, 9.17) is 27.9 Å². The van der Waals surface area contributed by atoms with Crippen molar-refractivity contribution in [3.05, 3.63) is 124 Å². The van der Waals surface area contributed by atoms with Crippen LogP contribution in [0.15, 0.2) is 102 Å². The van der Waals surface area contributed by atoms with Crippen molar-refractivity contribution in [3.8, 4) is 5.75 Å². The molecule has 43 heavy (non-hydrogen) atoms. The van der Waals surface area contributed by atoms with E-state index < -0.39 is 34.5 Å². The Labute approximate surface area is 260 Å². The van der Waals surface area contributed by atoms with Gasteiger partial charge in [0.05, 0.1) is 33.7 Å². The zero-order valence-electron chi connectivity index (χ0n) is 23.2. The van der Waals surface area contributed by atoms with Crippen molar-refractivity contribution in [2.45, 2.75) is 31.0 Å². The molecule has 5 rings (SSSR count). The Balaban J connectivity index is 1.42. The van der Waals surface area contributed by atoms with E-state index in [-0.39, 0.29) is 23.0 Å². The summed E-state index contributed by atoms with van der Waals surface area (Å²) in [5, 5.41) is 3.46. The summed E-state index contributed by atoms with van der Waals surface area (Å²) in [5.74, 6) is -0.567. The van der Waals surface area contributed by atoms with Gasteiger partial charge >= 0.3 is 0 Å². The lowest BCUT2D eigenvalue weighted by Crippen LogP contribution is -2.52. The number of hydrogen-bond donors (Lipinski definition) is 1. The van der Waals surface area contributed by atoms with Crippen LogP contribution in [0.3, 0.4) is 0 Å². The first-order valence-electron chi connectivity index (χ1n) is 13.5. The highest BCUT2D eigenvalue weighted by Crippen LogP contribution is 2.34. The van der Waals surface area contributed by atoms with Gasteiger partial charge in [-0.25, -0.2) is 8.42 Å². The maximum atomic E-state index is 13.9. The number of carbonyl (C=O) groups excluding carboxylic acids is 2. The summed E-state index contributed by atoms with van der Waals surface area (Å²) in [6, 6.07) is 27.5. The molecule has 4 aromatic rings. The fourth-order valence-corrected chi connectivity index (χ4v) is 6.37. The van der Waals surface area contributed by atoms with Crippen molar-refractivity contribution in [2.75, 3.05) is 18.0 Å². The molecule has 11 heteroatoms. The second-order valence-corrected chi connectivity index (χ2v) is 12.9. The highest BCUT2D eigenvalue weighted by atomic mass is 35.5. The number of rotatable bonds is 9. The van der Waals surface area contributed by atoms with Crippen molar-refractivity contribution >= 4 is 50.7 Å². The molecule has 0 aliphatic carbocycles. The molecule has 0 aromatic heterocycles. The number of fused-ring (bicyclic) bond motifs is 1. The number of sulfonamides is 1. The second kappa shape index (κ2) is 13.2. The largest absolute Gasteiger partial charge is 0.477 e. The smallest absolute Gasteiger partial charge is 0.263 e. The van der Waals surface area contributed by atoms with Gasteiger partial charge in [-0.3, -0.25) is 9.59 Å². The van der Waals surface area contributed by atoms with Gasteiger partial charge in [0.2, 0.25) is 15.9 Å². The second-order valence-electron chi connectivity index (χ2n) is 10.1. The predicted molar refractivity (Wildman–Crippen MR) is 167 cm³/mol. The molecule has 2 amide bonds. The molecule has 0 spiro atoms. The van der Waals surface area contributed by atoms with Crippen molar-refractivity contribution < 1.29 is 22.7 Å². The lowest BCUT2D eigenvalue weighted by atomic mass is 10.1. The Kier molecular flexibility index (Phi) is 9.37. The minimum Gasteiger partial charge on any atom is -0.477 e. The molecule has 1 aliphatic heterocycles. The number of carbonyl (C=O) groups is 2. The van der Waals surface area contributed by atoms with Gasteiger partial charge in [0.15, 0.2) is 6.10 Å². The molecular weight excluding hydrogens is 609 g/mol. The number of hydrogen-bond acceptors (Lipinski definition) is 5. The maximum absolute atomic E-state index is 13.9. The number of ether oxygens (including phenoxy) is 1. The van der Waals surface area contributed by atoms with E-state index in [2.05, 4.69) is 5.32 Å². The molecule has 1 N–H and O–H groups in total. The highest BCUT2D eigenvalue weighted by molar-refractivity contribution is 7.89. The van der Waals surface area contributed by atoms with Gasteiger partial charge in [-0.15, -0.1) is 0 Å². The third-order valence-corrected chi connectivity index (χ3v) is 9.53. The van der Waals surface area contributed by atoms with Gasteiger partial charge in [-0.1, -0.05) is 89.4 Å². The monoisotopic (exact) mass is 637 g/mol. The van der Waals surface area contributed by atoms with Crippen LogP contribution < -0.4 is 15.0 Å². The van der Waals surface area contributed by atoms with E-state index in [1.807, 2.05) is 37.3 Å². The Morgan fingerprint density at radius 1 is 0.907 bits per heavy atom. The SMILES string of the molecule is Cc1ccc(S(=O)(=O)N(CC(=O)N2C[C@@H](C(=O)NCc3ccccc3)Oc3ccccc32)Cc2ccc(Cl)c(Cl)c2)cc1. The number of amides is 2. The fourth-order valence-electron chi connectivity index (χ4n) is 4.67. The Morgan fingerprint density at radius 2 is 1.60 bits per heavy atom. The lowest BCUT2D eigenvalue weighted by molar-refractivity contribution is -0.128. The fraction of sp³-hybridized carbons (Fsp3) is 0.188. The van der Waals surface area contributed by atoms with Gasteiger partial charge in [0.25, 0.3) is 5.91 Å². The standard InChI is InChI=1S/C32H29Cl2N3O5S/c1-22-11-14-25(15-12-22)43(40,41)36(19-24-13-16-26(33)27(34)17-24)21-31(38)37-20-30(42-29-10-6-5-9-28(29)37)32(39)35-18-23-7-3-2-4-8-23/h2-17,30H,18-21H2,1H3,(H,35,39)/t30-/m0/s1. The summed E-state index contributed by atoms with van der Waals surface area (Å²) in [5.41, 5.74) is 2.81. The van der Waals surface area contributed by atoms with Crippen molar-refractivity contribution in [3.63, 3.8) is 0 Å². The third kappa shape index (κ3) is 7.19. The molecule has 8 nitrogen and oxygen atoms in total. The van der Waals surface area contributed by atoms with E-state index >= 15 is 0 Å². The molecule has 0 bridgehead atoms. The predicted octanol–water partition coefficient (Wildman–Crippen LogP) is 5.60. The van der Waals surface area contributed by atoms with Crippen LogP contribution in [0.2, 0.25) is 10.0 Å². The van der Waals surface area contributed by atoms with E-state index in [1.165, 1.54) is 17.0 Å². The van der Waals surface area contributed by atoms with Crippen molar-refractivity contribution in [2.24, 2.45) is 0 Å². The van der Waals surface area contributed by atoms with Crippen LogP contribution in [0.5, 0.6) is 5.75 Å². The first kappa shape index (κ1) is 30.6. The first-order valence-corrected chi connectivity index (χ1v) is 15.7. The van der Waals surface area contributed by atoms with Gasteiger partial charge in [-0.05, 0) is 54.4 Å². The van der Waals surface area contributed by atoms with E-state index in [9.17, 15) is 18.0 Å². The number of anilines is 1. The van der Waals surface area contributed by atoms with Crippen LogP contribution in [0, 0.1) is 6.92 Å². The summed E-state index contributed by atoms with van der Waals surface area (Å²) in [6.45, 7) is 1.42. The lowest BCUT2D eigenvalue weighted by Gasteiger charge is -2.35. The number of aryl methyl sites for hydroxylation is 1. The molecule has 0 fully saturated rings. The Hall–Kier alpha value is -3.89. The number of benzene rings is 4. The van der Waals surface area contributed by atoms with Crippen molar-refractivity contribution in [1.29, 1.82) is 0 Å². The van der Waals surface area contributed by atoms with Crippen LogP contribution in [-0.2, 0) is 32.7 Å². The molecule has 1 atom stereocenters. The average Bonchev–Trinajstić information content (AvgIpc) is 3.01. The topological polar surface area (TPSA) is 96.0 Å². The van der Waals surface area contributed by atoms with Gasteiger partial charge in [0, 0.05) is 13.1 Å². The molecule has 4 aromatic carbocycles. The third-order valence-electron chi connectivity index (χ3n) is 6.99. The van der Waals surface area contributed by atoms with Crippen molar-refractivity contribution in [1.82, 2.24) is 9.62 Å². The highest BCUT2D eigenvalue weighted by Gasteiger charge is 2.36. The molecule has 0 saturated heterocycles. The quantitative estimate of drug-likeness (QED) is 0.258. The molecule has 1 heterocycles. The number of nitrogens with one attached hydrogen (secondary N) is 1. The normalized spacial score (nSPS) is 14.6. The van der Waals surface area contributed by atoms with Gasteiger partial charge < -0.3 is 15.0 Å². The Bertz CT molecular complexity index is 1730. The molecular formula is C32H29Cl2N3O5S. The number of nitrogens with zero attached hydrogens (tertiary/aromatic N) is 2. The van der Waals surface area contributed by atoms with Crippen LogP contribution >= 0.6 is 23.2 Å². The molecule has 0 unspecified atom stereocenters. The summed E-state index contributed by atoms with van der Waals surface area (Å²) in [6.07, 6.45) is -1.00. The maximum Gasteiger partial charge on any atom is 0.263 e. The minimum absolute atomic E-state index is 0.0477. The first-order chi connectivity index (χ1) is 20.6. The summed E-state index contributed by atoms with van der Waals surface area (Å²) in [7, 11) is -4.12. The number of halogens is 2. The van der Waals surface area contributed by atoms with E-state index in [1.54, 1.807) is 54.6 Å². The summed E-state index contributed by atoms with van der Waals surface area (Å²) < 4.78 is 34.8. The molecule has 0 saturated carbocycles. The van der Waals surface area contributed by atoms with Crippen LogP contribution in [0.25, 0.3) is 0 Å². The summed E-state index contributed by atoms with van der Waals surface area (Å²) >= 11 is 12.3. The van der Waals surface area contributed by atoms with E-state index in [0.29, 0.717) is 28.6 Å². The minimum atomic E-state index is -4.12. The van der Waals surface area contributed by atoms with Crippen LogP contribution in [0.4, 0.5) is 5.69 Å². The van der Waals surface area contributed by atoms with Crippen LogP contribution in [-0.4, -0.2) is 43.7 Å². The zero-order valence-corrected chi connectivity index (χ0v) is 25.6. The molecule has 1 aliphatic rings. The molecule has 222 valence electrons. The zero-order chi connectivity index (χ0) is 30.6. The molecule has 0 radical (unpaired) electrons. The van der Waals surface area contributed by atoms with E-state index in [0.717, 1.165) is 15.4 Å². The average molecular weight is 639 g/mol. The van der Waals surface area contributed by atoms with Gasteiger partial charge in [0.1, 0.15) is 5.75 Å². The number of para-hydroxylation sites is 2. The summed E-state index contributed by atoms with van der Waals surface area (Å²) in [4.78, 5) is 28.5. The van der Waals surface area contributed by atoms with Gasteiger partial charge in [-0.2, -0.15) is 4.31 Å². The van der Waals surface area contributed by atoms with Crippen LogP contribution in [0.1, 0.15) is 16.7 Å².